The number of ether oxygens (including phenoxy) is 1. The fourth-order valence-corrected chi connectivity index (χ4v) is 2.01. The summed E-state index contributed by atoms with van der Waals surface area (Å²) in [7, 11) is 0. The molecule has 0 fully saturated rings. The Kier molecular flexibility index (Phi) is 4.82. The van der Waals surface area contributed by atoms with Crippen LogP contribution in [0.3, 0.4) is 0 Å². The summed E-state index contributed by atoms with van der Waals surface area (Å²) in [5, 5.41) is 3.04. The van der Waals surface area contributed by atoms with Gasteiger partial charge in [-0.3, -0.25) is 10.1 Å². The molecule has 8 heteroatoms. The third kappa shape index (κ3) is 3.96. The number of nitrogens with one attached hydrogen (secondary N) is 1. The molecule has 0 spiro atoms. The van der Waals surface area contributed by atoms with Gasteiger partial charge in [-0.15, -0.1) is 0 Å². The first-order valence-electron chi connectivity index (χ1n) is 5.89. The molecular formula is C13H10Cl2N2O4. The molecule has 0 bridgehead atoms. The van der Waals surface area contributed by atoms with Crippen LogP contribution in [-0.4, -0.2) is 23.5 Å². The lowest BCUT2D eigenvalue weighted by Crippen LogP contribution is -2.12. The number of amides is 1. The molecule has 21 heavy (non-hydrogen) atoms. The van der Waals surface area contributed by atoms with Crippen molar-refractivity contribution in [1.82, 2.24) is 4.98 Å². The first-order chi connectivity index (χ1) is 9.99. The number of nitrogens with zero attached hydrogens (tertiary/aromatic N) is 1. The molecule has 0 saturated carbocycles. The minimum absolute atomic E-state index is 0.0312. The van der Waals surface area contributed by atoms with E-state index in [1.807, 2.05) is 0 Å². The van der Waals surface area contributed by atoms with Gasteiger partial charge in [-0.2, -0.15) is 4.98 Å². The van der Waals surface area contributed by atoms with Gasteiger partial charge in [0.15, 0.2) is 5.69 Å². The maximum Gasteiger partial charge on any atom is 0.360 e. The summed E-state index contributed by atoms with van der Waals surface area (Å²) in [6.07, 6.45) is 1.10. The highest BCUT2D eigenvalue weighted by atomic mass is 35.5. The fraction of sp³-hybridized carbons (Fsp3) is 0.154. The van der Waals surface area contributed by atoms with Gasteiger partial charge in [-0.25, -0.2) is 4.79 Å². The number of hydrogen-bond donors (Lipinski definition) is 1. The van der Waals surface area contributed by atoms with Crippen LogP contribution in [0.15, 0.2) is 28.9 Å². The average molecular weight is 329 g/mol. The molecule has 0 aliphatic carbocycles. The van der Waals surface area contributed by atoms with Crippen LogP contribution in [-0.2, 0) is 4.74 Å². The number of benzene rings is 1. The van der Waals surface area contributed by atoms with E-state index in [0.29, 0.717) is 10.0 Å². The van der Waals surface area contributed by atoms with E-state index in [1.54, 1.807) is 6.92 Å². The largest absolute Gasteiger partial charge is 0.461 e. The molecule has 6 nitrogen and oxygen atoms in total. The highest BCUT2D eigenvalue weighted by Gasteiger charge is 2.16. The monoisotopic (exact) mass is 328 g/mol. The minimum Gasteiger partial charge on any atom is -0.461 e. The van der Waals surface area contributed by atoms with Gasteiger partial charge in [0.2, 0.25) is 0 Å². The van der Waals surface area contributed by atoms with Crippen molar-refractivity contribution in [2.24, 2.45) is 0 Å². The summed E-state index contributed by atoms with van der Waals surface area (Å²) < 4.78 is 9.73. The number of halogens is 2. The van der Waals surface area contributed by atoms with Crippen molar-refractivity contribution in [2.75, 3.05) is 11.9 Å². The zero-order valence-electron chi connectivity index (χ0n) is 10.9. The van der Waals surface area contributed by atoms with Gasteiger partial charge in [0.1, 0.15) is 6.26 Å². The number of carbonyl (C=O) groups is 2. The Hall–Kier alpha value is -2.05. The van der Waals surface area contributed by atoms with Crippen molar-refractivity contribution in [3.63, 3.8) is 0 Å². The zero-order valence-corrected chi connectivity index (χ0v) is 12.4. The highest BCUT2D eigenvalue weighted by molar-refractivity contribution is 6.35. The maximum absolute atomic E-state index is 12.0. The quantitative estimate of drug-likeness (QED) is 0.869. The average Bonchev–Trinajstić information content (AvgIpc) is 2.86. The van der Waals surface area contributed by atoms with E-state index in [0.717, 1.165) is 6.26 Å². The fourth-order valence-electron chi connectivity index (χ4n) is 1.48. The molecule has 1 amide bonds. The molecule has 1 aromatic heterocycles. The SMILES string of the molecule is CCOC(=O)c1coc(NC(=O)c2cc(Cl)cc(Cl)c2)n1. The predicted octanol–water partition coefficient (Wildman–Crippen LogP) is 3.41. The Labute approximate surface area is 130 Å². The molecule has 2 aromatic rings. The second kappa shape index (κ2) is 6.60. The molecule has 2 rings (SSSR count). The Balaban J connectivity index is 2.11. The first kappa shape index (κ1) is 15.3. The van der Waals surface area contributed by atoms with Crippen LogP contribution >= 0.6 is 23.2 Å². The van der Waals surface area contributed by atoms with Crippen molar-refractivity contribution in [3.05, 3.63) is 45.8 Å². The molecule has 0 saturated heterocycles. The molecular weight excluding hydrogens is 319 g/mol. The zero-order chi connectivity index (χ0) is 15.4. The molecule has 1 aromatic carbocycles. The van der Waals surface area contributed by atoms with Gasteiger partial charge >= 0.3 is 12.0 Å². The summed E-state index contributed by atoms with van der Waals surface area (Å²) in [5.41, 5.74) is 0.208. The van der Waals surface area contributed by atoms with Crippen LogP contribution in [0.1, 0.15) is 27.8 Å². The number of hydrogen-bond acceptors (Lipinski definition) is 5. The van der Waals surface area contributed by atoms with Crippen LogP contribution in [0, 0.1) is 0 Å². The molecule has 1 heterocycles. The minimum atomic E-state index is -0.632. The van der Waals surface area contributed by atoms with Crippen molar-refractivity contribution >= 4 is 41.1 Å². The van der Waals surface area contributed by atoms with Crippen molar-refractivity contribution < 1.29 is 18.7 Å². The lowest BCUT2D eigenvalue weighted by atomic mass is 10.2. The van der Waals surface area contributed by atoms with Gasteiger partial charge in [-0.05, 0) is 25.1 Å². The third-order valence-corrected chi connectivity index (χ3v) is 2.77. The van der Waals surface area contributed by atoms with Crippen LogP contribution in [0.2, 0.25) is 10.0 Å². The van der Waals surface area contributed by atoms with E-state index < -0.39 is 11.9 Å². The number of oxazole rings is 1. The first-order valence-corrected chi connectivity index (χ1v) is 6.65. The Bertz CT molecular complexity index is 664. The van der Waals surface area contributed by atoms with Gasteiger partial charge in [0, 0.05) is 15.6 Å². The van der Waals surface area contributed by atoms with Crippen LogP contribution in [0.4, 0.5) is 6.01 Å². The highest BCUT2D eigenvalue weighted by Crippen LogP contribution is 2.20. The molecule has 0 atom stereocenters. The normalized spacial score (nSPS) is 10.2. The molecule has 0 unspecified atom stereocenters. The maximum atomic E-state index is 12.0. The molecule has 110 valence electrons. The van der Waals surface area contributed by atoms with Crippen LogP contribution in [0.5, 0.6) is 0 Å². The Morgan fingerprint density at radius 3 is 2.57 bits per heavy atom. The van der Waals surface area contributed by atoms with Crippen molar-refractivity contribution in [1.29, 1.82) is 0 Å². The van der Waals surface area contributed by atoms with Crippen LogP contribution < -0.4 is 5.32 Å². The second-order valence-corrected chi connectivity index (χ2v) is 4.74. The van der Waals surface area contributed by atoms with Gasteiger partial charge < -0.3 is 9.15 Å². The summed E-state index contributed by atoms with van der Waals surface area (Å²) in [6, 6.07) is 4.26. The van der Waals surface area contributed by atoms with Gasteiger partial charge in [0.25, 0.3) is 5.91 Å². The predicted molar refractivity (Wildman–Crippen MR) is 76.9 cm³/mol. The number of carbonyl (C=O) groups excluding carboxylic acids is 2. The molecule has 0 aliphatic heterocycles. The smallest absolute Gasteiger partial charge is 0.360 e. The van der Waals surface area contributed by atoms with E-state index in [2.05, 4.69) is 10.3 Å². The molecule has 1 N–H and O–H groups in total. The standard InChI is InChI=1S/C13H10Cl2N2O4/c1-2-20-12(19)10-6-21-13(16-10)17-11(18)7-3-8(14)5-9(15)4-7/h3-6H,2H2,1H3,(H,16,17,18). The summed E-state index contributed by atoms with van der Waals surface area (Å²) >= 11 is 11.6. The lowest BCUT2D eigenvalue weighted by molar-refractivity contribution is 0.0519. The summed E-state index contributed by atoms with van der Waals surface area (Å²) in [5.74, 6) is -1.15. The third-order valence-electron chi connectivity index (χ3n) is 2.33. The Morgan fingerprint density at radius 1 is 1.29 bits per heavy atom. The topological polar surface area (TPSA) is 81.4 Å². The van der Waals surface area contributed by atoms with Gasteiger partial charge in [-0.1, -0.05) is 23.2 Å². The van der Waals surface area contributed by atoms with Crippen LogP contribution in [0.25, 0.3) is 0 Å². The molecule has 0 radical (unpaired) electrons. The summed E-state index contributed by atoms with van der Waals surface area (Å²) in [6.45, 7) is 1.89. The van der Waals surface area contributed by atoms with E-state index in [9.17, 15) is 9.59 Å². The van der Waals surface area contributed by atoms with E-state index in [4.69, 9.17) is 32.4 Å². The number of anilines is 1. The van der Waals surface area contributed by atoms with E-state index >= 15 is 0 Å². The van der Waals surface area contributed by atoms with Crippen molar-refractivity contribution in [2.45, 2.75) is 6.92 Å². The number of aromatic nitrogens is 1. The summed E-state index contributed by atoms with van der Waals surface area (Å²) in [4.78, 5) is 27.2. The van der Waals surface area contributed by atoms with Gasteiger partial charge in [0.05, 0.1) is 6.61 Å². The second-order valence-electron chi connectivity index (χ2n) is 3.87. The lowest BCUT2D eigenvalue weighted by Gasteiger charge is -2.02. The van der Waals surface area contributed by atoms with Crippen molar-refractivity contribution in [3.8, 4) is 0 Å². The number of esters is 1. The van der Waals surface area contributed by atoms with E-state index in [-0.39, 0.29) is 23.9 Å². The number of rotatable bonds is 4. The van der Waals surface area contributed by atoms with E-state index in [1.165, 1.54) is 18.2 Å². The molecule has 0 aliphatic rings. The Morgan fingerprint density at radius 2 is 1.95 bits per heavy atom.